The van der Waals surface area contributed by atoms with Crippen LogP contribution in [-0.2, 0) is 4.84 Å². The Morgan fingerprint density at radius 3 is 2.67 bits per heavy atom. The van der Waals surface area contributed by atoms with Crippen LogP contribution in [0.2, 0.25) is 0 Å². The molecule has 0 aliphatic heterocycles. The molecule has 2 nitrogen and oxygen atoms in total. The molecule has 15 heavy (non-hydrogen) atoms. The average Bonchev–Trinajstić information content (AvgIpc) is 1.99. The topological polar surface area (TPSA) is 21.3 Å². The fraction of sp³-hybridized carbons (Fsp3) is 0.846. The Bertz CT molecular complexity index is 227. The molecular formula is C13H25NO. The number of hydroxylamine groups is 1. The van der Waals surface area contributed by atoms with Crippen LogP contribution in [-0.4, -0.2) is 12.1 Å². The monoisotopic (exact) mass is 211 g/mol. The molecule has 1 rings (SSSR count). The van der Waals surface area contributed by atoms with Crippen LogP contribution in [0, 0.1) is 11.8 Å². The Hall–Kier alpha value is -0.340. The average molecular weight is 211 g/mol. The van der Waals surface area contributed by atoms with Gasteiger partial charge in [-0.3, -0.25) is 4.84 Å². The Morgan fingerprint density at radius 1 is 1.47 bits per heavy atom. The molecule has 1 aliphatic rings. The van der Waals surface area contributed by atoms with Gasteiger partial charge in [-0.25, -0.2) is 5.48 Å². The Labute approximate surface area is 94.0 Å². The van der Waals surface area contributed by atoms with E-state index in [1.54, 1.807) is 0 Å². The molecule has 0 heterocycles. The second-order valence-electron chi connectivity index (χ2n) is 5.86. The van der Waals surface area contributed by atoms with Crippen molar-refractivity contribution < 1.29 is 4.84 Å². The highest BCUT2D eigenvalue weighted by molar-refractivity contribution is 5.06. The third-order valence-corrected chi connectivity index (χ3v) is 2.64. The van der Waals surface area contributed by atoms with Crippen molar-refractivity contribution in [2.75, 3.05) is 6.54 Å². The summed E-state index contributed by atoms with van der Waals surface area (Å²) in [6, 6.07) is 0. The van der Waals surface area contributed by atoms with Crippen LogP contribution in [0.5, 0.6) is 0 Å². The zero-order valence-corrected chi connectivity index (χ0v) is 10.8. The van der Waals surface area contributed by atoms with Crippen LogP contribution in [0.25, 0.3) is 0 Å². The van der Waals surface area contributed by atoms with Crippen molar-refractivity contribution in [1.82, 2.24) is 5.48 Å². The van der Waals surface area contributed by atoms with Gasteiger partial charge in [0.15, 0.2) is 0 Å². The van der Waals surface area contributed by atoms with Gasteiger partial charge in [-0.1, -0.05) is 18.6 Å². The maximum atomic E-state index is 5.53. The van der Waals surface area contributed by atoms with Gasteiger partial charge in [-0.05, 0) is 52.4 Å². The highest BCUT2D eigenvalue weighted by Crippen LogP contribution is 2.27. The summed E-state index contributed by atoms with van der Waals surface area (Å²) in [7, 11) is 0. The SMILES string of the molecule is CC1=CC(C)CC(CNOC(C)(C)C)C1. The minimum Gasteiger partial charge on any atom is -0.296 e. The van der Waals surface area contributed by atoms with Gasteiger partial charge in [0.25, 0.3) is 0 Å². The van der Waals surface area contributed by atoms with E-state index in [4.69, 9.17) is 4.84 Å². The molecule has 0 saturated heterocycles. The van der Waals surface area contributed by atoms with Crippen LogP contribution in [0.1, 0.15) is 47.5 Å². The summed E-state index contributed by atoms with van der Waals surface area (Å²) in [4.78, 5) is 5.53. The van der Waals surface area contributed by atoms with Crippen LogP contribution in [0.4, 0.5) is 0 Å². The van der Waals surface area contributed by atoms with Gasteiger partial charge in [-0.2, -0.15) is 0 Å². The zero-order chi connectivity index (χ0) is 11.5. The molecule has 0 spiro atoms. The Morgan fingerprint density at radius 2 is 2.13 bits per heavy atom. The van der Waals surface area contributed by atoms with Crippen LogP contribution >= 0.6 is 0 Å². The Kier molecular flexibility index (Phi) is 4.35. The number of hydrogen-bond acceptors (Lipinski definition) is 2. The molecule has 1 N–H and O–H groups in total. The highest BCUT2D eigenvalue weighted by atomic mass is 16.7. The molecule has 0 fully saturated rings. The highest BCUT2D eigenvalue weighted by Gasteiger charge is 2.18. The van der Waals surface area contributed by atoms with Crippen molar-refractivity contribution in [2.45, 2.75) is 53.1 Å². The molecule has 2 heteroatoms. The van der Waals surface area contributed by atoms with Crippen molar-refractivity contribution in [3.8, 4) is 0 Å². The predicted octanol–water partition coefficient (Wildman–Crippen LogP) is 3.30. The second-order valence-corrected chi connectivity index (χ2v) is 5.86. The van der Waals surface area contributed by atoms with Gasteiger partial charge >= 0.3 is 0 Å². The normalized spacial score (nSPS) is 27.7. The summed E-state index contributed by atoms with van der Waals surface area (Å²) in [5.41, 5.74) is 4.54. The number of allylic oxidation sites excluding steroid dienone is 2. The number of nitrogens with one attached hydrogen (secondary N) is 1. The quantitative estimate of drug-likeness (QED) is 0.571. The lowest BCUT2D eigenvalue weighted by molar-refractivity contribution is -0.0777. The van der Waals surface area contributed by atoms with Crippen molar-refractivity contribution in [2.24, 2.45) is 11.8 Å². The molecule has 88 valence electrons. The van der Waals surface area contributed by atoms with Gasteiger partial charge in [0, 0.05) is 6.54 Å². The summed E-state index contributed by atoms with van der Waals surface area (Å²) in [6.45, 7) is 11.7. The minimum absolute atomic E-state index is 0.0921. The molecule has 0 saturated carbocycles. The standard InChI is InChI=1S/C13H25NO/c1-10-6-11(2)8-12(7-10)9-14-15-13(3,4)5/h6,10,12,14H,7-9H2,1-5H3. The van der Waals surface area contributed by atoms with Crippen LogP contribution < -0.4 is 5.48 Å². The third-order valence-electron chi connectivity index (χ3n) is 2.64. The lowest BCUT2D eigenvalue weighted by Crippen LogP contribution is -2.33. The summed E-state index contributed by atoms with van der Waals surface area (Å²) in [6.07, 6.45) is 4.88. The lowest BCUT2D eigenvalue weighted by atomic mass is 9.84. The van der Waals surface area contributed by atoms with Crippen LogP contribution in [0.3, 0.4) is 0 Å². The molecule has 2 unspecified atom stereocenters. The molecule has 0 aromatic rings. The number of hydrogen-bond donors (Lipinski definition) is 1. The lowest BCUT2D eigenvalue weighted by Gasteiger charge is -2.27. The maximum Gasteiger partial charge on any atom is 0.0812 e. The van der Waals surface area contributed by atoms with E-state index in [-0.39, 0.29) is 5.60 Å². The number of rotatable bonds is 3. The van der Waals surface area contributed by atoms with E-state index in [9.17, 15) is 0 Å². The predicted molar refractivity (Wildman–Crippen MR) is 64.5 cm³/mol. The van der Waals surface area contributed by atoms with Crippen molar-refractivity contribution in [1.29, 1.82) is 0 Å². The molecule has 1 aliphatic carbocycles. The largest absolute Gasteiger partial charge is 0.296 e. The molecule has 0 aromatic carbocycles. The van der Waals surface area contributed by atoms with E-state index < -0.39 is 0 Å². The van der Waals surface area contributed by atoms with Gasteiger partial charge in [0.1, 0.15) is 0 Å². The van der Waals surface area contributed by atoms with Gasteiger partial charge < -0.3 is 0 Å². The first kappa shape index (κ1) is 12.7. The fourth-order valence-corrected chi connectivity index (χ4v) is 2.22. The van der Waals surface area contributed by atoms with Gasteiger partial charge in [0.2, 0.25) is 0 Å². The molecule has 0 aromatic heterocycles. The maximum absolute atomic E-state index is 5.53. The summed E-state index contributed by atoms with van der Waals surface area (Å²) in [5.74, 6) is 1.45. The van der Waals surface area contributed by atoms with E-state index in [1.807, 2.05) is 0 Å². The first-order valence-corrected chi connectivity index (χ1v) is 5.95. The van der Waals surface area contributed by atoms with E-state index in [0.717, 1.165) is 18.4 Å². The van der Waals surface area contributed by atoms with Gasteiger partial charge in [0.05, 0.1) is 5.60 Å². The van der Waals surface area contributed by atoms with E-state index >= 15 is 0 Å². The minimum atomic E-state index is -0.0921. The van der Waals surface area contributed by atoms with Gasteiger partial charge in [-0.15, -0.1) is 0 Å². The fourth-order valence-electron chi connectivity index (χ4n) is 2.22. The Balaban J connectivity index is 2.26. The van der Waals surface area contributed by atoms with E-state index in [1.165, 1.54) is 18.4 Å². The molecule has 0 radical (unpaired) electrons. The first-order chi connectivity index (χ1) is 6.87. The van der Waals surface area contributed by atoms with E-state index in [2.05, 4.69) is 46.2 Å². The second kappa shape index (κ2) is 5.13. The van der Waals surface area contributed by atoms with E-state index in [0.29, 0.717) is 0 Å². The first-order valence-electron chi connectivity index (χ1n) is 5.95. The van der Waals surface area contributed by atoms with Crippen molar-refractivity contribution in [3.05, 3.63) is 11.6 Å². The zero-order valence-electron chi connectivity index (χ0n) is 10.8. The summed E-state index contributed by atoms with van der Waals surface area (Å²) >= 11 is 0. The smallest absolute Gasteiger partial charge is 0.0812 e. The van der Waals surface area contributed by atoms with Crippen molar-refractivity contribution in [3.63, 3.8) is 0 Å². The summed E-state index contributed by atoms with van der Waals surface area (Å²) in [5, 5.41) is 0. The van der Waals surface area contributed by atoms with Crippen molar-refractivity contribution >= 4 is 0 Å². The van der Waals surface area contributed by atoms with Crippen LogP contribution in [0.15, 0.2) is 11.6 Å². The third kappa shape index (κ3) is 5.33. The molecule has 0 bridgehead atoms. The summed E-state index contributed by atoms with van der Waals surface area (Å²) < 4.78 is 0. The molecular weight excluding hydrogens is 186 g/mol. The molecule has 2 atom stereocenters. The molecule has 0 amide bonds.